The van der Waals surface area contributed by atoms with Gasteiger partial charge in [-0.15, -0.1) is 0 Å². The molecule has 3 aromatic carbocycles. The summed E-state index contributed by atoms with van der Waals surface area (Å²) in [6.45, 7) is 0.459. The number of benzene rings is 3. The molecule has 1 fully saturated rings. The van der Waals surface area contributed by atoms with E-state index >= 15 is 0 Å². The first kappa shape index (κ1) is 23.9. The van der Waals surface area contributed by atoms with Crippen molar-refractivity contribution < 1.29 is 31.1 Å². The zero-order valence-corrected chi connectivity index (χ0v) is 18.7. The summed E-state index contributed by atoms with van der Waals surface area (Å²) in [7, 11) is 0. The Hall–Kier alpha value is -3.82. The highest BCUT2D eigenvalue weighted by atomic mass is 19.4. The number of hydrogen-bond acceptors (Lipinski definition) is 3. The van der Waals surface area contributed by atoms with Gasteiger partial charge in [-0.2, -0.15) is 18.3 Å². The van der Waals surface area contributed by atoms with E-state index in [4.69, 9.17) is 0 Å². The lowest BCUT2D eigenvalue weighted by atomic mass is 10.0. The molecule has 0 aliphatic carbocycles. The van der Waals surface area contributed by atoms with Crippen LogP contribution in [0.4, 0.5) is 32.0 Å². The summed E-state index contributed by atoms with van der Waals surface area (Å²) in [5.41, 5.74) is -0.400. The molecule has 0 N–H and O–H groups in total. The Morgan fingerprint density at radius 2 is 1.56 bits per heavy atom. The predicted molar refractivity (Wildman–Crippen MR) is 122 cm³/mol. The van der Waals surface area contributed by atoms with E-state index in [0.717, 1.165) is 16.4 Å². The number of fused-ring (bicyclic) bond motifs is 1. The summed E-state index contributed by atoms with van der Waals surface area (Å²) >= 11 is 0. The maximum Gasteiger partial charge on any atom is 0.418 e. The maximum atomic E-state index is 14.5. The van der Waals surface area contributed by atoms with E-state index in [1.807, 2.05) is 11.0 Å². The van der Waals surface area contributed by atoms with Crippen LogP contribution in [0.5, 0.6) is 0 Å². The summed E-state index contributed by atoms with van der Waals surface area (Å²) in [6.07, 6.45) is -3.92. The molecule has 0 amide bonds. The molecule has 10 heteroatoms. The Morgan fingerprint density at radius 3 is 2.22 bits per heavy atom. The lowest BCUT2D eigenvalue weighted by Gasteiger charge is -2.28. The predicted octanol–water partition coefficient (Wildman–Crippen LogP) is 6.36. The third-order valence-electron chi connectivity index (χ3n) is 6.29. The van der Waals surface area contributed by atoms with Crippen molar-refractivity contribution in [3.63, 3.8) is 0 Å². The van der Waals surface area contributed by atoms with Gasteiger partial charge in [0, 0.05) is 60.3 Å². The minimum absolute atomic E-state index is 0.152. The van der Waals surface area contributed by atoms with Crippen LogP contribution in [0.3, 0.4) is 0 Å². The Bertz CT molecular complexity index is 1440. The molecule has 0 bridgehead atoms. The smallest absolute Gasteiger partial charge is 0.371 e. The van der Waals surface area contributed by atoms with Gasteiger partial charge in [-0.25, -0.2) is 13.2 Å². The second-order valence-corrected chi connectivity index (χ2v) is 8.63. The van der Waals surface area contributed by atoms with Crippen LogP contribution in [0.2, 0.25) is 0 Å². The molecule has 186 valence electrons. The second-order valence-electron chi connectivity index (χ2n) is 8.63. The van der Waals surface area contributed by atoms with Crippen molar-refractivity contribution in [2.75, 3.05) is 18.0 Å². The minimum atomic E-state index is -4.70. The van der Waals surface area contributed by atoms with Crippen LogP contribution in [-0.2, 0) is 17.5 Å². The zero-order valence-electron chi connectivity index (χ0n) is 18.7. The number of carbonyl (C=O) groups excluding carboxylic acids is 1. The van der Waals surface area contributed by atoms with Gasteiger partial charge in [0.15, 0.2) is 0 Å². The van der Waals surface area contributed by atoms with E-state index in [-0.39, 0.29) is 22.4 Å². The molecule has 0 saturated carbocycles. The first-order chi connectivity index (χ1) is 17.1. The third kappa shape index (κ3) is 4.43. The number of rotatable bonds is 4. The number of piperidine rings is 1. The Balaban J connectivity index is 1.69. The molecule has 36 heavy (non-hydrogen) atoms. The number of alkyl halides is 3. The largest absolute Gasteiger partial charge is 0.418 e. The van der Waals surface area contributed by atoms with E-state index in [0.29, 0.717) is 43.6 Å². The highest BCUT2D eigenvalue weighted by Gasteiger charge is 2.35. The van der Waals surface area contributed by atoms with Crippen LogP contribution in [-0.4, -0.2) is 28.7 Å². The van der Waals surface area contributed by atoms with Crippen LogP contribution in [0.25, 0.3) is 22.2 Å². The fourth-order valence-electron chi connectivity index (χ4n) is 4.54. The molecular formula is C26H19F6N3O. The standard InChI is InChI=1S/C26H19F6N3O/c27-16-12-22(28)20(23(29)13-16)14-35-25(19-5-2-6-21(24(19)33-35)26(30,31)32)15-3-1-4-17(11-15)34-9-7-18(36)8-10-34/h1-6,11-13H,7-10,14H2. The van der Waals surface area contributed by atoms with Gasteiger partial charge in [-0.3, -0.25) is 9.48 Å². The van der Waals surface area contributed by atoms with Crippen molar-refractivity contribution >= 4 is 22.4 Å². The second kappa shape index (κ2) is 9.00. The van der Waals surface area contributed by atoms with E-state index in [1.165, 1.54) is 12.1 Å². The number of Topliss-reactive ketones (excluding diaryl/α,β-unsaturated/α-hetero) is 1. The summed E-state index contributed by atoms with van der Waals surface area (Å²) < 4.78 is 84.7. The number of ketones is 1. The van der Waals surface area contributed by atoms with Crippen LogP contribution in [0.1, 0.15) is 24.0 Å². The number of halogens is 6. The number of nitrogens with zero attached hydrogens (tertiary/aromatic N) is 3. The van der Waals surface area contributed by atoms with Crippen LogP contribution < -0.4 is 4.90 Å². The van der Waals surface area contributed by atoms with Crippen molar-refractivity contribution in [2.45, 2.75) is 25.6 Å². The summed E-state index contributed by atoms with van der Waals surface area (Å²) in [6, 6.07) is 11.6. The van der Waals surface area contributed by atoms with Gasteiger partial charge in [0.05, 0.1) is 17.8 Å². The molecule has 1 saturated heterocycles. The normalized spacial score (nSPS) is 14.6. The van der Waals surface area contributed by atoms with Gasteiger partial charge in [-0.1, -0.05) is 24.3 Å². The number of carbonyl (C=O) groups is 1. The zero-order chi connectivity index (χ0) is 25.6. The van der Waals surface area contributed by atoms with Crippen molar-refractivity contribution in [1.82, 2.24) is 9.78 Å². The topological polar surface area (TPSA) is 38.1 Å². The lowest BCUT2D eigenvalue weighted by molar-refractivity contribution is -0.136. The number of aromatic nitrogens is 2. The highest BCUT2D eigenvalue weighted by molar-refractivity contribution is 5.96. The average molecular weight is 503 g/mol. The first-order valence-corrected chi connectivity index (χ1v) is 11.2. The van der Waals surface area contributed by atoms with Crippen molar-refractivity contribution in [3.8, 4) is 11.3 Å². The quantitative estimate of drug-likeness (QED) is 0.305. The molecule has 2 heterocycles. The Kier molecular flexibility index (Phi) is 5.97. The first-order valence-electron chi connectivity index (χ1n) is 11.2. The van der Waals surface area contributed by atoms with E-state index in [1.54, 1.807) is 18.2 Å². The molecule has 0 radical (unpaired) electrons. The van der Waals surface area contributed by atoms with Crippen LogP contribution in [0, 0.1) is 17.5 Å². The van der Waals surface area contributed by atoms with Gasteiger partial charge in [0.1, 0.15) is 28.8 Å². The molecule has 4 aromatic rings. The van der Waals surface area contributed by atoms with Crippen LogP contribution in [0.15, 0.2) is 54.6 Å². The van der Waals surface area contributed by atoms with Gasteiger partial charge >= 0.3 is 6.18 Å². The molecule has 0 unspecified atom stereocenters. The van der Waals surface area contributed by atoms with Gasteiger partial charge < -0.3 is 4.90 Å². The molecule has 0 atom stereocenters. The lowest BCUT2D eigenvalue weighted by Crippen LogP contribution is -2.33. The van der Waals surface area contributed by atoms with E-state index < -0.39 is 41.3 Å². The fraction of sp³-hybridized carbons (Fsp3) is 0.231. The molecule has 5 rings (SSSR count). The van der Waals surface area contributed by atoms with Crippen molar-refractivity contribution in [2.24, 2.45) is 0 Å². The Labute approximate surface area is 201 Å². The molecule has 1 aliphatic heterocycles. The van der Waals surface area contributed by atoms with E-state index in [2.05, 4.69) is 5.10 Å². The Morgan fingerprint density at radius 1 is 0.889 bits per heavy atom. The summed E-state index contributed by atoms with van der Waals surface area (Å²) in [5, 5.41) is 4.27. The van der Waals surface area contributed by atoms with Gasteiger partial charge in [-0.05, 0) is 18.2 Å². The fourth-order valence-corrected chi connectivity index (χ4v) is 4.54. The van der Waals surface area contributed by atoms with Crippen molar-refractivity contribution in [1.29, 1.82) is 0 Å². The maximum absolute atomic E-state index is 14.5. The van der Waals surface area contributed by atoms with Gasteiger partial charge in [0.2, 0.25) is 0 Å². The highest BCUT2D eigenvalue weighted by Crippen LogP contribution is 2.39. The molecule has 4 nitrogen and oxygen atoms in total. The van der Waals surface area contributed by atoms with E-state index in [9.17, 15) is 31.1 Å². The molecular weight excluding hydrogens is 484 g/mol. The molecule has 0 spiro atoms. The molecule has 1 aromatic heterocycles. The summed E-state index contributed by atoms with van der Waals surface area (Å²) in [5.74, 6) is -3.28. The SMILES string of the molecule is O=C1CCN(c2cccc(-c3c4cccc(C(F)(F)F)c4nn3Cc3c(F)cc(F)cc3F)c2)CC1. The number of hydrogen-bond donors (Lipinski definition) is 0. The third-order valence-corrected chi connectivity index (χ3v) is 6.29. The monoisotopic (exact) mass is 503 g/mol. The average Bonchev–Trinajstić information content (AvgIpc) is 3.19. The number of anilines is 1. The minimum Gasteiger partial charge on any atom is -0.371 e. The summed E-state index contributed by atoms with van der Waals surface area (Å²) in [4.78, 5) is 13.6. The van der Waals surface area contributed by atoms with Crippen LogP contribution >= 0.6 is 0 Å². The molecule has 1 aliphatic rings. The van der Waals surface area contributed by atoms with Crippen molar-refractivity contribution in [3.05, 3.63) is 83.2 Å². The van der Waals surface area contributed by atoms with Gasteiger partial charge in [0.25, 0.3) is 0 Å².